The second-order valence-corrected chi connectivity index (χ2v) is 9.80. The van der Waals surface area contributed by atoms with Gasteiger partial charge in [-0.25, -0.2) is 0 Å². The van der Waals surface area contributed by atoms with Crippen molar-refractivity contribution in [2.45, 2.75) is 64.0 Å². The molecule has 1 saturated carbocycles. The highest BCUT2D eigenvalue weighted by atomic mass is 16.5. The van der Waals surface area contributed by atoms with Gasteiger partial charge in [-0.3, -0.25) is 14.5 Å². The molecule has 2 atom stereocenters. The van der Waals surface area contributed by atoms with Gasteiger partial charge in [0.25, 0.3) is 5.91 Å². The molecule has 182 valence electrons. The van der Waals surface area contributed by atoms with Gasteiger partial charge < -0.3 is 19.3 Å². The molecule has 2 saturated heterocycles. The van der Waals surface area contributed by atoms with Gasteiger partial charge in [0.15, 0.2) is 0 Å². The van der Waals surface area contributed by atoms with Gasteiger partial charge in [-0.2, -0.15) is 0 Å². The average Bonchev–Trinajstić information content (AvgIpc) is 3.38. The lowest BCUT2D eigenvalue weighted by atomic mass is 9.92. The molecule has 2 amide bonds. The highest BCUT2D eigenvalue weighted by Crippen LogP contribution is 2.33. The summed E-state index contributed by atoms with van der Waals surface area (Å²) in [5.74, 6) is 1.97. The molecule has 7 nitrogen and oxygen atoms in total. The minimum absolute atomic E-state index is 0.0137. The van der Waals surface area contributed by atoms with Crippen LogP contribution in [-0.2, 0) is 4.79 Å². The Morgan fingerprint density at radius 1 is 0.848 bits per heavy atom. The molecule has 0 radical (unpaired) electrons. The first-order valence-corrected chi connectivity index (χ1v) is 12.6. The molecule has 0 spiro atoms. The van der Waals surface area contributed by atoms with Crippen molar-refractivity contribution in [1.29, 1.82) is 0 Å². The fourth-order valence-electron chi connectivity index (χ4n) is 5.84. The van der Waals surface area contributed by atoms with Crippen molar-refractivity contribution in [2.24, 2.45) is 5.92 Å². The van der Waals surface area contributed by atoms with Gasteiger partial charge in [0.05, 0.1) is 20.3 Å². The fraction of sp³-hybridized carbons (Fsp3) is 0.692. The number of ether oxygens (including phenoxy) is 2. The average molecular weight is 458 g/mol. The lowest BCUT2D eigenvalue weighted by Crippen LogP contribution is -2.60. The van der Waals surface area contributed by atoms with Crippen LogP contribution < -0.4 is 9.47 Å². The molecule has 1 aromatic carbocycles. The zero-order chi connectivity index (χ0) is 23.4. The van der Waals surface area contributed by atoms with E-state index in [-0.39, 0.29) is 11.9 Å². The molecule has 0 N–H and O–H groups in total. The van der Waals surface area contributed by atoms with Gasteiger partial charge in [-0.1, -0.05) is 12.8 Å². The highest BCUT2D eigenvalue weighted by Gasteiger charge is 2.40. The summed E-state index contributed by atoms with van der Waals surface area (Å²) in [6.07, 6.45) is 8.16. The smallest absolute Gasteiger partial charge is 0.254 e. The van der Waals surface area contributed by atoms with E-state index in [1.165, 1.54) is 19.3 Å². The maximum atomic E-state index is 13.7. The zero-order valence-electron chi connectivity index (χ0n) is 20.4. The Morgan fingerprint density at radius 3 is 2.03 bits per heavy atom. The van der Waals surface area contributed by atoms with E-state index < -0.39 is 0 Å². The molecule has 0 bridgehead atoms. The van der Waals surface area contributed by atoms with E-state index in [0.29, 0.717) is 48.0 Å². The van der Waals surface area contributed by atoms with Gasteiger partial charge in [-0.05, 0) is 57.1 Å². The molecule has 1 aromatic rings. The topological polar surface area (TPSA) is 62.3 Å². The van der Waals surface area contributed by atoms with Crippen LogP contribution in [0.25, 0.3) is 0 Å². The first-order chi connectivity index (χ1) is 16.0. The minimum Gasteiger partial charge on any atom is -0.497 e. The van der Waals surface area contributed by atoms with Gasteiger partial charge in [0.1, 0.15) is 11.5 Å². The molecule has 4 rings (SSSR count). The highest BCUT2D eigenvalue weighted by molar-refractivity contribution is 5.95. The Morgan fingerprint density at radius 2 is 1.45 bits per heavy atom. The van der Waals surface area contributed by atoms with Crippen LogP contribution in [0.2, 0.25) is 0 Å². The summed E-state index contributed by atoms with van der Waals surface area (Å²) < 4.78 is 10.7. The monoisotopic (exact) mass is 457 g/mol. The number of hydrogen-bond donors (Lipinski definition) is 0. The number of piperidine rings is 1. The van der Waals surface area contributed by atoms with Crippen LogP contribution in [0.4, 0.5) is 0 Å². The van der Waals surface area contributed by atoms with Gasteiger partial charge in [0.2, 0.25) is 5.91 Å². The first-order valence-electron chi connectivity index (χ1n) is 12.6. The third-order valence-electron chi connectivity index (χ3n) is 7.78. The first kappa shape index (κ1) is 23.9. The van der Waals surface area contributed by atoms with E-state index >= 15 is 0 Å². The molecule has 7 heteroatoms. The normalized spacial score (nSPS) is 23.4. The van der Waals surface area contributed by atoms with Crippen LogP contribution in [0.1, 0.15) is 62.2 Å². The number of benzene rings is 1. The van der Waals surface area contributed by atoms with Gasteiger partial charge >= 0.3 is 0 Å². The van der Waals surface area contributed by atoms with E-state index in [1.807, 2.05) is 4.90 Å². The summed E-state index contributed by atoms with van der Waals surface area (Å²) in [6.45, 7) is 5.82. The van der Waals surface area contributed by atoms with Crippen molar-refractivity contribution >= 4 is 11.8 Å². The summed E-state index contributed by atoms with van der Waals surface area (Å²) in [7, 11) is 3.18. The second kappa shape index (κ2) is 10.8. The molecule has 1 aliphatic carbocycles. The molecular formula is C26H39N3O4. The number of amides is 2. The second-order valence-electron chi connectivity index (χ2n) is 9.80. The van der Waals surface area contributed by atoms with Gasteiger partial charge in [-0.15, -0.1) is 0 Å². The molecule has 3 fully saturated rings. The number of carbonyl (C=O) groups is 2. The zero-order valence-corrected chi connectivity index (χ0v) is 20.4. The van der Waals surface area contributed by atoms with Crippen molar-refractivity contribution < 1.29 is 19.1 Å². The molecule has 0 aromatic heterocycles. The van der Waals surface area contributed by atoms with Crippen LogP contribution in [-0.4, -0.2) is 85.5 Å². The van der Waals surface area contributed by atoms with Crippen LogP contribution in [0.3, 0.4) is 0 Å². The summed E-state index contributed by atoms with van der Waals surface area (Å²) in [5.41, 5.74) is 0.574. The van der Waals surface area contributed by atoms with E-state index in [0.717, 1.165) is 45.3 Å². The molecule has 0 unspecified atom stereocenters. The Labute approximate surface area is 198 Å². The Balaban J connectivity index is 1.45. The lowest BCUT2D eigenvalue weighted by Gasteiger charge is -2.44. The van der Waals surface area contributed by atoms with E-state index in [1.54, 1.807) is 32.4 Å². The Kier molecular flexibility index (Phi) is 7.78. The SMILES string of the molecule is COc1cc(OC)cc(C(=O)N2CCN([C@H](C(=O)N3CCCC[C@H]3C)C3CCCC3)CC2)c1. The Hall–Kier alpha value is -2.28. The van der Waals surface area contributed by atoms with Crippen LogP contribution in [0, 0.1) is 5.92 Å². The maximum Gasteiger partial charge on any atom is 0.254 e. The quantitative estimate of drug-likeness (QED) is 0.655. The number of carbonyl (C=O) groups excluding carboxylic acids is 2. The number of piperazine rings is 1. The van der Waals surface area contributed by atoms with Crippen molar-refractivity contribution in [1.82, 2.24) is 14.7 Å². The summed E-state index contributed by atoms with van der Waals surface area (Å²) in [5, 5.41) is 0. The third kappa shape index (κ3) is 5.29. The molecule has 3 aliphatic rings. The predicted molar refractivity (Wildman–Crippen MR) is 128 cm³/mol. The summed E-state index contributed by atoms with van der Waals surface area (Å²) in [6, 6.07) is 5.59. The lowest BCUT2D eigenvalue weighted by molar-refractivity contribution is -0.143. The summed E-state index contributed by atoms with van der Waals surface area (Å²) in [4.78, 5) is 33.4. The predicted octanol–water partition coefficient (Wildman–Crippen LogP) is 3.42. The molecular weight excluding hydrogens is 418 g/mol. The van der Waals surface area contributed by atoms with Crippen molar-refractivity contribution in [3.63, 3.8) is 0 Å². The van der Waals surface area contributed by atoms with Crippen molar-refractivity contribution in [3.8, 4) is 11.5 Å². The third-order valence-corrected chi connectivity index (χ3v) is 7.78. The summed E-state index contributed by atoms with van der Waals surface area (Å²) >= 11 is 0. The number of rotatable bonds is 6. The Bertz CT molecular complexity index is 809. The molecule has 2 aliphatic heterocycles. The number of hydrogen-bond acceptors (Lipinski definition) is 5. The fourth-order valence-corrected chi connectivity index (χ4v) is 5.84. The maximum absolute atomic E-state index is 13.7. The molecule has 33 heavy (non-hydrogen) atoms. The number of likely N-dealkylation sites (tertiary alicyclic amines) is 1. The number of methoxy groups -OCH3 is 2. The van der Waals surface area contributed by atoms with Gasteiger partial charge in [0, 0.05) is 50.4 Å². The van der Waals surface area contributed by atoms with E-state index in [2.05, 4.69) is 16.7 Å². The van der Waals surface area contributed by atoms with Crippen molar-refractivity contribution in [2.75, 3.05) is 46.9 Å². The van der Waals surface area contributed by atoms with E-state index in [9.17, 15) is 9.59 Å². The van der Waals surface area contributed by atoms with Crippen LogP contribution in [0.5, 0.6) is 11.5 Å². The van der Waals surface area contributed by atoms with Crippen LogP contribution in [0.15, 0.2) is 18.2 Å². The van der Waals surface area contributed by atoms with Crippen molar-refractivity contribution in [3.05, 3.63) is 23.8 Å². The minimum atomic E-state index is -0.0396. The number of nitrogens with zero attached hydrogens (tertiary/aromatic N) is 3. The standard InChI is InChI=1S/C26H39N3O4/c1-19-8-6-7-11-29(19)26(31)24(20-9-4-5-10-20)27-12-14-28(15-13-27)25(30)21-16-22(32-2)18-23(17-21)33-3/h16-20,24H,4-15H2,1-3H3/t19-,24+/m1/s1. The largest absolute Gasteiger partial charge is 0.497 e. The van der Waals surface area contributed by atoms with E-state index in [4.69, 9.17) is 9.47 Å². The molecule has 2 heterocycles. The van der Waals surface area contributed by atoms with Crippen LogP contribution >= 0.6 is 0 Å².